The highest BCUT2D eigenvalue weighted by atomic mass is 16.6. The van der Waals surface area contributed by atoms with Gasteiger partial charge in [-0.3, -0.25) is 4.79 Å². The molecular formula is C7H10N4O3. The molecular weight excluding hydrogens is 188 g/mol. The zero-order valence-electron chi connectivity index (χ0n) is 7.64. The Balaban J connectivity index is 2.77. The molecule has 0 aliphatic carbocycles. The number of carbonyl (C=O) groups excluding carboxylic acids is 1. The van der Waals surface area contributed by atoms with Crippen LogP contribution in [0.2, 0.25) is 0 Å². The van der Waals surface area contributed by atoms with E-state index in [0.717, 1.165) is 0 Å². The van der Waals surface area contributed by atoms with Gasteiger partial charge < -0.3 is 15.8 Å². The predicted octanol–water partition coefficient (Wildman–Crippen LogP) is -0.0249. The Morgan fingerprint density at radius 1 is 1.79 bits per heavy atom. The summed E-state index contributed by atoms with van der Waals surface area (Å²) in [5, 5.41) is 14.0. The fraction of sp³-hybridized carbons (Fsp3) is 0.429. The van der Waals surface area contributed by atoms with Gasteiger partial charge >= 0.3 is 5.82 Å². The second kappa shape index (κ2) is 3.86. The molecule has 14 heavy (non-hydrogen) atoms. The lowest BCUT2D eigenvalue weighted by Crippen LogP contribution is -2.15. The van der Waals surface area contributed by atoms with Crippen molar-refractivity contribution in [3.8, 4) is 0 Å². The summed E-state index contributed by atoms with van der Waals surface area (Å²) >= 11 is 0. The Bertz CT molecular complexity index is 371. The number of primary amides is 1. The number of nitrogens with zero attached hydrogens (tertiary/aromatic N) is 3. The highest BCUT2D eigenvalue weighted by molar-refractivity contribution is 5.73. The third-order valence-electron chi connectivity index (χ3n) is 1.73. The molecule has 0 saturated carbocycles. The maximum absolute atomic E-state index is 10.5. The summed E-state index contributed by atoms with van der Waals surface area (Å²) < 4.78 is 1.39. The molecule has 7 nitrogen and oxygen atoms in total. The molecule has 0 aliphatic heterocycles. The minimum atomic E-state index is -0.576. The summed E-state index contributed by atoms with van der Waals surface area (Å²) in [5.74, 6) is -0.672. The van der Waals surface area contributed by atoms with Crippen molar-refractivity contribution in [3.05, 3.63) is 21.9 Å². The summed E-state index contributed by atoms with van der Waals surface area (Å²) in [4.78, 5) is 20.2. The molecule has 1 rings (SSSR count). The van der Waals surface area contributed by atoms with E-state index < -0.39 is 10.8 Å². The first-order valence-corrected chi connectivity index (χ1v) is 3.98. The van der Waals surface area contributed by atoms with Crippen molar-refractivity contribution in [2.24, 2.45) is 5.73 Å². The van der Waals surface area contributed by atoms with Crippen LogP contribution in [0.5, 0.6) is 0 Å². The van der Waals surface area contributed by atoms with E-state index in [4.69, 9.17) is 5.73 Å². The van der Waals surface area contributed by atoms with Crippen LogP contribution in [0.1, 0.15) is 12.1 Å². The van der Waals surface area contributed by atoms with E-state index in [1.54, 1.807) is 6.92 Å². The van der Waals surface area contributed by atoms with Crippen molar-refractivity contribution in [3.63, 3.8) is 0 Å². The number of hydrogen-bond donors (Lipinski definition) is 1. The molecule has 0 atom stereocenters. The number of aryl methyl sites for hydroxylation is 2. The lowest BCUT2D eigenvalue weighted by atomic mass is 10.4. The Labute approximate surface area is 79.7 Å². The molecule has 0 saturated heterocycles. The highest BCUT2D eigenvalue weighted by Gasteiger charge is 2.15. The predicted molar refractivity (Wildman–Crippen MR) is 47.4 cm³/mol. The Morgan fingerprint density at radius 3 is 2.86 bits per heavy atom. The molecule has 1 aromatic rings. The van der Waals surface area contributed by atoms with Crippen LogP contribution < -0.4 is 5.73 Å². The van der Waals surface area contributed by atoms with Gasteiger partial charge in [-0.1, -0.05) is 0 Å². The highest BCUT2D eigenvalue weighted by Crippen LogP contribution is 2.10. The molecule has 1 aromatic heterocycles. The summed E-state index contributed by atoms with van der Waals surface area (Å²) in [7, 11) is 0. The molecule has 0 bridgehead atoms. The van der Waals surface area contributed by atoms with Crippen LogP contribution >= 0.6 is 0 Å². The normalized spacial score (nSPS) is 10.1. The van der Waals surface area contributed by atoms with Crippen molar-refractivity contribution in [1.82, 2.24) is 9.78 Å². The van der Waals surface area contributed by atoms with E-state index >= 15 is 0 Å². The number of nitro groups is 1. The monoisotopic (exact) mass is 198 g/mol. The number of nitrogens with two attached hydrogens (primary N) is 1. The van der Waals surface area contributed by atoms with E-state index in [2.05, 4.69) is 5.10 Å². The minimum absolute atomic E-state index is 0.125. The number of hydrogen-bond acceptors (Lipinski definition) is 4. The largest absolute Gasteiger partial charge is 0.390 e. The van der Waals surface area contributed by atoms with Gasteiger partial charge in [-0.05, 0) is 11.8 Å². The lowest BCUT2D eigenvalue weighted by molar-refractivity contribution is -0.389. The van der Waals surface area contributed by atoms with Crippen molar-refractivity contribution in [1.29, 1.82) is 0 Å². The first kappa shape index (κ1) is 10.2. The van der Waals surface area contributed by atoms with Crippen LogP contribution in [0.25, 0.3) is 0 Å². The molecule has 0 radical (unpaired) electrons. The van der Waals surface area contributed by atoms with Gasteiger partial charge in [0, 0.05) is 6.42 Å². The first-order chi connectivity index (χ1) is 6.50. The van der Waals surface area contributed by atoms with Gasteiger partial charge in [-0.15, -0.1) is 0 Å². The molecule has 0 unspecified atom stereocenters. The standard InChI is InChI=1S/C7H10N4O3/c1-5-4-7(11(13)14)9-10(5)3-2-6(8)12/h4H,2-3H2,1H3,(H2,8,12). The van der Waals surface area contributed by atoms with Crippen LogP contribution in [-0.2, 0) is 11.3 Å². The smallest absolute Gasteiger partial charge is 0.370 e. The molecule has 1 heterocycles. The zero-order chi connectivity index (χ0) is 10.7. The summed E-state index contributed by atoms with van der Waals surface area (Å²) in [6.07, 6.45) is 0.125. The molecule has 0 aromatic carbocycles. The van der Waals surface area contributed by atoms with Crippen molar-refractivity contribution in [2.75, 3.05) is 0 Å². The average molecular weight is 198 g/mol. The Morgan fingerprint density at radius 2 is 2.43 bits per heavy atom. The number of carbonyl (C=O) groups is 1. The van der Waals surface area contributed by atoms with Gasteiger partial charge in [0.05, 0.1) is 23.4 Å². The molecule has 0 spiro atoms. The van der Waals surface area contributed by atoms with Crippen LogP contribution in [0.4, 0.5) is 5.82 Å². The van der Waals surface area contributed by atoms with Gasteiger partial charge in [0.1, 0.15) is 0 Å². The Hall–Kier alpha value is -1.92. The van der Waals surface area contributed by atoms with Gasteiger partial charge in [0.25, 0.3) is 0 Å². The van der Waals surface area contributed by atoms with E-state index in [1.165, 1.54) is 10.7 Å². The van der Waals surface area contributed by atoms with Crippen LogP contribution in [-0.4, -0.2) is 20.6 Å². The van der Waals surface area contributed by atoms with Crippen LogP contribution in [0.15, 0.2) is 6.07 Å². The van der Waals surface area contributed by atoms with Gasteiger partial charge in [0.2, 0.25) is 5.91 Å². The quantitative estimate of drug-likeness (QED) is 0.542. The third-order valence-corrected chi connectivity index (χ3v) is 1.73. The SMILES string of the molecule is Cc1cc([N+](=O)[O-])nn1CCC(N)=O. The number of aromatic nitrogens is 2. The number of rotatable bonds is 4. The maximum atomic E-state index is 10.5. The first-order valence-electron chi connectivity index (χ1n) is 3.98. The molecule has 1 amide bonds. The van der Waals surface area contributed by atoms with Crippen molar-refractivity contribution >= 4 is 11.7 Å². The maximum Gasteiger partial charge on any atom is 0.390 e. The van der Waals surface area contributed by atoms with Gasteiger partial charge in [0.15, 0.2) is 0 Å². The summed E-state index contributed by atoms with van der Waals surface area (Å²) in [6, 6.07) is 1.35. The lowest BCUT2D eigenvalue weighted by Gasteiger charge is -1.95. The minimum Gasteiger partial charge on any atom is -0.370 e. The summed E-state index contributed by atoms with van der Waals surface area (Å²) in [5.41, 5.74) is 5.58. The summed E-state index contributed by atoms with van der Waals surface area (Å²) in [6.45, 7) is 1.95. The average Bonchev–Trinajstić information content (AvgIpc) is 2.43. The molecule has 0 fully saturated rings. The topological polar surface area (TPSA) is 104 Å². The third kappa shape index (κ3) is 2.28. The van der Waals surface area contributed by atoms with E-state index in [-0.39, 0.29) is 18.8 Å². The van der Waals surface area contributed by atoms with Crippen LogP contribution in [0.3, 0.4) is 0 Å². The second-order valence-corrected chi connectivity index (χ2v) is 2.84. The van der Waals surface area contributed by atoms with E-state index in [1.807, 2.05) is 0 Å². The van der Waals surface area contributed by atoms with E-state index in [9.17, 15) is 14.9 Å². The van der Waals surface area contributed by atoms with E-state index in [0.29, 0.717) is 5.69 Å². The fourth-order valence-corrected chi connectivity index (χ4v) is 1.02. The zero-order valence-corrected chi connectivity index (χ0v) is 7.64. The number of amides is 1. The van der Waals surface area contributed by atoms with Crippen molar-refractivity contribution < 1.29 is 9.72 Å². The Kier molecular flexibility index (Phi) is 2.80. The molecule has 0 aliphatic rings. The van der Waals surface area contributed by atoms with Gasteiger partial charge in [-0.2, -0.15) is 4.68 Å². The van der Waals surface area contributed by atoms with Crippen molar-refractivity contribution in [2.45, 2.75) is 19.9 Å². The fourth-order valence-electron chi connectivity index (χ4n) is 1.02. The molecule has 2 N–H and O–H groups in total. The second-order valence-electron chi connectivity index (χ2n) is 2.84. The van der Waals surface area contributed by atoms with Gasteiger partial charge in [-0.25, -0.2) is 0 Å². The molecule has 7 heteroatoms. The van der Waals surface area contributed by atoms with Crippen LogP contribution in [0, 0.1) is 17.0 Å². The molecule has 76 valence electrons.